The van der Waals surface area contributed by atoms with Gasteiger partial charge in [0.05, 0.1) is 23.4 Å². The molecule has 11 heteroatoms. The first-order valence-electron chi connectivity index (χ1n) is 8.98. The highest BCUT2D eigenvalue weighted by Crippen LogP contribution is 2.23. The lowest BCUT2D eigenvalue weighted by Crippen LogP contribution is -2.17. The Kier molecular flexibility index (Phi) is 5.70. The molecule has 0 spiro atoms. The van der Waals surface area contributed by atoms with Crippen LogP contribution >= 0.6 is 23.2 Å². The predicted molar refractivity (Wildman–Crippen MR) is 116 cm³/mol. The van der Waals surface area contributed by atoms with Crippen LogP contribution in [0.15, 0.2) is 67.0 Å². The summed E-state index contributed by atoms with van der Waals surface area (Å²) in [5.74, 6) is 0.00838. The maximum atomic E-state index is 12.7. The van der Waals surface area contributed by atoms with Crippen LogP contribution in [-0.4, -0.2) is 30.4 Å². The van der Waals surface area contributed by atoms with Crippen LogP contribution in [0.5, 0.6) is 0 Å². The van der Waals surface area contributed by atoms with E-state index in [4.69, 9.17) is 23.2 Å². The van der Waals surface area contributed by atoms with Gasteiger partial charge in [0, 0.05) is 34.4 Å². The van der Waals surface area contributed by atoms with Crippen molar-refractivity contribution in [2.24, 2.45) is 0 Å². The highest BCUT2D eigenvalue weighted by atomic mass is 35.5. The number of hydrogen-bond acceptors (Lipinski definition) is 5. The number of non-ortho nitro benzene ring substituents is 1. The van der Waals surface area contributed by atoms with E-state index in [0.717, 1.165) is 5.56 Å². The topological polar surface area (TPSA) is 108 Å². The summed E-state index contributed by atoms with van der Waals surface area (Å²) in [6.45, 7) is 0.334. The second-order valence-corrected chi connectivity index (χ2v) is 7.33. The molecule has 0 atom stereocenters. The molecule has 2 aromatic heterocycles. The van der Waals surface area contributed by atoms with Crippen molar-refractivity contribution in [3.63, 3.8) is 0 Å². The number of halogens is 2. The van der Waals surface area contributed by atoms with Crippen molar-refractivity contribution in [2.75, 3.05) is 5.32 Å². The van der Waals surface area contributed by atoms with Gasteiger partial charge in [0.15, 0.2) is 5.69 Å². The molecule has 4 rings (SSSR count). The fraction of sp³-hybridized carbons (Fsp3) is 0.0500. The van der Waals surface area contributed by atoms with Crippen LogP contribution in [0.2, 0.25) is 10.0 Å². The number of nitrogens with zero attached hydrogens (tertiary/aromatic N) is 5. The molecular formula is C20H14Cl2N6O3. The standard InChI is InChI=1S/C20H14Cl2N6O3/c21-14-5-4-13(17(22)10-14)12-27-19(6-8-23-27)24-20(29)18-7-9-26(25-18)15-2-1-3-16(11-15)28(30)31/h1-11H,12H2,(H,24,29). The zero-order valence-corrected chi connectivity index (χ0v) is 17.3. The lowest BCUT2D eigenvalue weighted by molar-refractivity contribution is -0.384. The summed E-state index contributed by atoms with van der Waals surface area (Å²) in [5.41, 5.74) is 1.34. The predicted octanol–water partition coefficient (Wildman–Crippen LogP) is 4.58. The van der Waals surface area contributed by atoms with Gasteiger partial charge in [-0.15, -0.1) is 0 Å². The molecule has 2 aromatic carbocycles. The maximum absolute atomic E-state index is 12.7. The maximum Gasteiger partial charge on any atom is 0.277 e. The summed E-state index contributed by atoms with van der Waals surface area (Å²) >= 11 is 12.2. The molecule has 1 N–H and O–H groups in total. The molecule has 0 saturated carbocycles. The first-order chi connectivity index (χ1) is 14.9. The molecule has 156 valence electrons. The lowest BCUT2D eigenvalue weighted by atomic mass is 10.2. The minimum absolute atomic E-state index is 0.0660. The van der Waals surface area contributed by atoms with E-state index >= 15 is 0 Å². The van der Waals surface area contributed by atoms with E-state index in [9.17, 15) is 14.9 Å². The van der Waals surface area contributed by atoms with E-state index in [2.05, 4.69) is 15.5 Å². The van der Waals surface area contributed by atoms with Gasteiger partial charge >= 0.3 is 0 Å². The fourth-order valence-electron chi connectivity index (χ4n) is 2.89. The van der Waals surface area contributed by atoms with Crippen molar-refractivity contribution in [1.29, 1.82) is 0 Å². The van der Waals surface area contributed by atoms with Gasteiger partial charge in [0.25, 0.3) is 11.6 Å². The van der Waals surface area contributed by atoms with Gasteiger partial charge < -0.3 is 5.32 Å². The molecule has 1 amide bonds. The molecule has 31 heavy (non-hydrogen) atoms. The number of nitrogens with one attached hydrogen (secondary N) is 1. The Morgan fingerprint density at radius 2 is 1.97 bits per heavy atom. The number of carbonyl (C=O) groups is 1. The molecule has 2 heterocycles. The number of nitro benzene ring substituents is 1. The van der Waals surface area contributed by atoms with Crippen LogP contribution in [0.4, 0.5) is 11.5 Å². The second kappa shape index (κ2) is 8.58. The minimum Gasteiger partial charge on any atom is -0.305 e. The summed E-state index contributed by atoms with van der Waals surface area (Å²) in [4.78, 5) is 23.1. The molecule has 0 bridgehead atoms. The van der Waals surface area contributed by atoms with Crippen LogP contribution in [0.1, 0.15) is 16.1 Å². The third-order valence-electron chi connectivity index (χ3n) is 4.42. The van der Waals surface area contributed by atoms with E-state index < -0.39 is 10.8 Å². The van der Waals surface area contributed by atoms with Gasteiger partial charge in [-0.1, -0.05) is 35.3 Å². The Morgan fingerprint density at radius 3 is 2.74 bits per heavy atom. The molecule has 0 fully saturated rings. The molecule has 0 aliphatic carbocycles. The van der Waals surface area contributed by atoms with E-state index in [1.807, 2.05) is 0 Å². The van der Waals surface area contributed by atoms with Gasteiger partial charge in [-0.25, -0.2) is 9.36 Å². The van der Waals surface area contributed by atoms with Crippen molar-refractivity contribution in [3.8, 4) is 5.69 Å². The average molecular weight is 457 g/mol. The fourth-order valence-corrected chi connectivity index (χ4v) is 3.36. The SMILES string of the molecule is O=C(Nc1ccnn1Cc1ccc(Cl)cc1Cl)c1ccn(-c2cccc([N+](=O)[O-])c2)n1. The number of rotatable bonds is 6. The zero-order chi connectivity index (χ0) is 22.0. The molecule has 0 saturated heterocycles. The Bertz CT molecular complexity index is 1280. The highest BCUT2D eigenvalue weighted by molar-refractivity contribution is 6.35. The van der Waals surface area contributed by atoms with E-state index in [0.29, 0.717) is 28.1 Å². The summed E-state index contributed by atoms with van der Waals surface area (Å²) in [6, 6.07) is 14.3. The highest BCUT2D eigenvalue weighted by Gasteiger charge is 2.15. The average Bonchev–Trinajstić information content (AvgIpc) is 3.40. The van der Waals surface area contributed by atoms with Crippen LogP contribution in [-0.2, 0) is 6.54 Å². The Morgan fingerprint density at radius 1 is 1.13 bits per heavy atom. The third-order valence-corrected chi connectivity index (χ3v) is 5.01. The monoisotopic (exact) mass is 456 g/mol. The van der Waals surface area contributed by atoms with Gasteiger partial charge in [-0.05, 0) is 29.8 Å². The molecule has 9 nitrogen and oxygen atoms in total. The third kappa shape index (κ3) is 4.57. The molecule has 0 aliphatic heterocycles. The minimum atomic E-state index is -0.491. The number of hydrogen-bond donors (Lipinski definition) is 1. The first-order valence-corrected chi connectivity index (χ1v) is 9.74. The number of carbonyl (C=O) groups excluding carboxylic acids is 1. The molecule has 0 radical (unpaired) electrons. The largest absolute Gasteiger partial charge is 0.305 e. The van der Waals surface area contributed by atoms with Crippen molar-refractivity contribution in [2.45, 2.75) is 6.54 Å². The van der Waals surface area contributed by atoms with Crippen molar-refractivity contribution < 1.29 is 9.72 Å². The smallest absolute Gasteiger partial charge is 0.277 e. The molecule has 4 aromatic rings. The van der Waals surface area contributed by atoms with Crippen molar-refractivity contribution in [3.05, 3.63) is 98.4 Å². The summed E-state index contributed by atoms with van der Waals surface area (Å²) in [5, 5.41) is 23.2. The normalized spacial score (nSPS) is 10.8. The Balaban J connectivity index is 1.51. The van der Waals surface area contributed by atoms with Gasteiger partial charge in [0.1, 0.15) is 5.82 Å². The summed E-state index contributed by atoms with van der Waals surface area (Å²) in [6.07, 6.45) is 3.11. The van der Waals surface area contributed by atoms with E-state index in [-0.39, 0.29) is 11.4 Å². The first kappa shape index (κ1) is 20.6. The van der Waals surface area contributed by atoms with Gasteiger partial charge in [-0.3, -0.25) is 14.9 Å². The van der Waals surface area contributed by atoms with Gasteiger partial charge in [-0.2, -0.15) is 10.2 Å². The summed E-state index contributed by atoms with van der Waals surface area (Å²) in [7, 11) is 0. The van der Waals surface area contributed by atoms with E-state index in [1.54, 1.807) is 53.5 Å². The van der Waals surface area contributed by atoms with Crippen LogP contribution in [0.3, 0.4) is 0 Å². The van der Waals surface area contributed by atoms with Crippen molar-refractivity contribution >= 4 is 40.6 Å². The van der Waals surface area contributed by atoms with Crippen LogP contribution < -0.4 is 5.32 Å². The number of nitro groups is 1. The molecular weight excluding hydrogens is 443 g/mol. The summed E-state index contributed by atoms with van der Waals surface area (Å²) < 4.78 is 2.98. The Labute approximate surface area is 186 Å². The number of anilines is 1. The molecule has 0 aliphatic rings. The lowest BCUT2D eigenvalue weighted by Gasteiger charge is -2.10. The second-order valence-electron chi connectivity index (χ2n) is 6.49. The van der Waals surface area contributed by atoms with Crippen LogP contribution in [0.25, 0.3) is 5.69 Å². The quantitative estimate of drug-likeness (QED) is 0.337. The number of amides is 1. The van der Waals surface area contributed by atoms with Crippen LogP contribution in [0, 0.1) is 10.1 Å². The Hall–Kier alpha value is -3.69. The zero-order valence-electron chi connectivity index (χ0n) is 15.8. The van der Waals surface area contributed by atoms with Gasteiger partial charge in [0.2, 0.25) is 0 Å². The van der Waals surface area contributed by atoms with E-state index in [1.165, 1.54) is 22.9 Å². The molecule has 0 unspecified atom stereocenters. The number of aromatic nitrogens is 4. The van der Waals surface area contributed by atoms with Crippen molar-refractivity contribution in [1.82, 2.24) is 19.6 Å². The number of benzene rings is 2.